The Balaban J connectivity index is 1.31. The average Bonchev–Trinajstić information content (AvgIpc) is 2.56. The Morgan fingerprint density at radius 3 is 2.33 bits per heavy atom. The topological polar surface area (TPSA) is 40.5 Å². The number of likely N-dealkylation sites (tertiary alicyclic amines) is 1. The van der Waals surface area contributed by atoms with Crippen LogP contribution in [0.15, 0.2) is 24.3 Å². The quantitative estimate of drug-likeness (QED) is 0.825. The molecule has 0 unspecified atom stereocenters. The molecule has 3 fully saturated rings. The highest BCUT2D eigenvalue weighted by molar-refractivity contribution is 5.81. The van der Waals surface area contributed by atoms with E-state index in [9.17, 15) is 9.90 Å². The molecule has 2 saturated carbocycles. The highest BCUT2D eigenvalue weighted by Gasteiger charge is 2.51. The number of hydrogen-bond acceptors (Lipinski definition) is 2. The number of aliphatic hydroxyl groups is 1. The average molecular weight is 370 g/mol. The van der Waals surface area contributed by atoms with Gasteiger partial charge in [0.1, 0.15) is 0 Å². The molecular formula is C24H35NO2. The van der Waals surface area contributed by atoms with E-state index in [-0.39, 0.29) is 17.2 Å². The van der Waals surface area contributed by atoms with Crippen LogP contribution in [0.2, 0.25) is 0 Å². The van der Waals surface area contributed by atoms with Gasteiger partial charge >= 0.3 is 0 Å². The van der Waals surface area contributed by atoms with Gasteiger partial charge in [0, 0.05) is 24.4 Å². The van der Waals surface area contributed by atoms with Gasteiger partial charge < -0.3 is 10.0 Å². The van der Waals surface area contributed by atoms with Gasteiger partial charge in [0.25, 0.3) is 0 Å². The SMILES string of the molecule is CC1(O)CC(C(=O)N2CC3(CCC(c4cccc(C(C)(C)C)c4)CC3)C2)C1. The zero-order chi connectivity index (χ0) is 19.4. The summed E-state index contributed by atoms with van der Waals surface area (Å²) in [6, 6.07) is 9.19. The third-order valence-corrected chi connectivity index (χ3v) is 7.36. The van der Waals surface area contributed by atoms with Crippen molar-refractivity contribution >= 4 is 5.91 Å². The van der Waals surface area contributed by atoms with Crippen molar-refractivity contribution in [1.82, 2.24) is 4.90 Å². The largest absolute Gasteiger partial charge is 0.390 e. The zero-order valence-electron chi connectivity index (χ0n) is 17.4. The van der Waals surface area contributed by atoms with Crippen molar-refractivity contribution in [2.75, 3.05) is 13.1 Å². The molecule has 4 rings (SSSR count). The van der Waals surface area contributed by atoms with Gasteiger partial charge in [0.2, 0.25) is 5.91 Å². The molecule has 1 spiro atoms. The number of benzene rings is 1. The van der Waals surface area contributed by atoms with E-state index >= 15 is 0 Å². The number of rotatable bonds is 2. The van der Waals surface area contributed by atoms with Crippen molar-refractivity contribution in [3.8, 4) is 0 Å². The highest BCUT2D eigenvalue weighted by Crippen LogP contribution is 2.50. The second-order valence-corrected chi connectivity index (χ2v) is 10.9. The van der Waals surface area contributed by atoms with E-state index in [4.69, 9.17) is 0 Å². The van der Waals surface area contributed by atoms with Crippen molar-refractivity contribution in [3.05, 3.63) is 35.4 Å². The van der Waals surface area contributed by atoms with Crippen molar-refractivity contribution < 1.29 is 9.90 Å². The van der Waals surface area contributed by atoms with Gasteiger partial charge in [-0.3, -0.25) is 4.79 Å². The lowest BCUT2D eigenvalue weighted by atomic mass is 9.63. The summed E-state index contributed by atoms with van der Waals surface area (Å²) in [7, 11) is 0. The van der Waals surface area contributed by atoms with Gasteiger partial charge in [-0.15, -0.1) is 0 Å². The number of amides is 1. The van der Waals surface area contributed by atoms with Gasteiger partial charge in [-0.2, -0.15) is 0 Å². The standard InChI is InChI=1S/C24H35NO2/c1-22(2,3)20-7-5-6-18(12-20)17-8-10-24(11-9-17)15-25(16-24)21(26)19-13-23(4,27)14-19/h5-7,12,17,19,27H,8-11,13-16H2,1-4H3. The molecule has 0 bridgehead atoms. The van der Waals surface area contributed by atoms with E-state index in [1.54, 1.807) is 0 Å². The fraction of sp³-hybridized carbons (Fsp3) is 0.708. The summed E-state index contributed by atoms with van der Waals surface area (Å²) >= 11 is 0. The molecule has 148 valence electrons. The third kappa shape index (κ3) is 3.68. The Labute approximate surface area is 164 Å². The molecule has 0 radical (unpaired) electrons. The molecule has 1 saturated heterocycles. The Morgan fingerprint density at radius 1 is 1.15 bits per heavy atom. The zero-order valence-corrected chi connectivity index (χ0v) is 17.4. The number of nitrogens with zero attached hydrogens (tertiary/aromatic N) is 1. The molecular weight excluding hydrogens is 334 g/mol. The number of hydrogen-bond donors (Lipinski definition) is 1. The predicted molar refractivity (Wildman–Crippen MR) is 109 cm³/mol. The maximum absolute atomic E-state index is 12.6. The first-order valence-electron chi connectivity index (χ1n) is 10.7. The van der Waals surface area contributed by atoms with Crippen LogP contribution >= 0.6 is 0 Å². The van der Waals surface area contributed by atoms with Crippen molar-refractivity contribution in [2.45, 2.75) is 83.2 Å². The van der Waals surface area contributed by atoms with Crippen molar-refractivity contribution in [3.63, 3.8) is 0 Å². The maximum Gasteiger partial charge on any atom is 0.225 e. The van der Waals surface area contributed by atoms with Crippen LogP contribution in [0.4, 0.5) is 0 Å². The number of carbonyl (C=O) groups excluding carboxylic acids is 1. The molecule has 3 nitrogen and oxygen atoms in total. The molecule has 2 aliphatic carbocycles. The lowest BCUT2D eigenvalue weighted by Gasteiger charge is -2.55. The first-order valence-corrected chi connectivity index (χ1v) is 10.7. The van der Waals surface area contributed by atoms with Crippen LogP contribution in [0, 0.1) is 11.3 Å². The summed E-state index contributed by atoms with van der Waals surface area (Å²) in [5.41, 5.74) is 2.90. The molecule has 3 heteroatoms. The molecule has 0 aromatic heterocycles. The molecule has 1 aromatic rings. The van der Waals surface area contributed by atoms with Gasteiger partial charge in [0.15, 0.2) is 0 Å². The fourth-order valence-corrected chi connectivity index (χ4v) is 5.49. The Kier molecular flexibility index (Phi) is 4.46. The third-order valence-electron chi connectivity index (χ3n) is 7.36. The Morgan fingerprint density at radius 2 is 1.78 bits per heavy atom. The second kappa shape index (κ2) is 6.34. The Hall–Kier alpha value is -1.35. The van der Waals surface area contributed by atoms with Crippen LogP contribution in [0.1, 0.15) is 83.3 Å². The lowest BCUT2D eigenvalue weighted by Crippen LogP contribution is -2.62. The first-order chi connectivity index (χ1) is 12.6. The highest BCUT2D eigenvalue weighted by atomic mass is 16.3. The lowest BCUT2D eigenvalue weighted by molar-refractivity contribution is -0.163. The molecule has 1 aromatic carbocycles. The monoisotopic (exact) mass is 369 g/mol. The van der Waals surface area contributed by atoms with Crippen LogP contribution < -0.4 is 0 Å². The normalized spacial score (nSPS) is 30.7. The Bertz CT molecular complexity index is 706. The van der Waals surface area contributed by atoms with E-state index < -0.39 is 5.60 Å². The van der Waals surface area contributed by atoms with Crippen molar-refractivity contribution in [2.24, 2.45) is 11.3 Å². The van der Waals surface area contributed by atoms with Crippen LogP contribution in [-0.2, 0) is 10.2 Å². The minimum atomic E-state index is -0.609. The molecule has 0 atom stereocenters. The minimum absolute atomic E-state index is 0.0637. The van der Waals surface area contributed by atoms with E-state index in [2.05, 4.69) is 49.9 Å². The van der Waals surface area contributed by atoms with E-state index in [1.807, 2.05) is 6.92 Å². The summed E-state index contributed by atoms with van der Waals surface area (Å²) in [6.45, 7) is 10.6. The summed E-state index contributed by atoms with van der Waals surface area (Å²) in [6.07, 6.45) is 6.25. The second-order valence-electron chi connectivity index (χ2n) is 10.9. The molecule has 1 amide bonds. The fourth-order valence-electron chi connectivity index (χ4n) is 5.49. The summed E-state index contributed by atoms with van der Waals surface area (Å²) in [5, 5.41) is 9.88. The van der Waals surface area contributed by atoms with E-state index in [1.165, 1.54) is 36.8 Å². The van der Waals surface area contributed by atoms with Gasteiger partial charge in [-0.05, 0) is 67.9 Å². The summed E-state index contributed by atoms with van der Waals surface area (Å²) in [5.74, 6) is 1.02. The molecule has 27 heavy (non-hydrogen) atoms. The van der Waals surface area contributed by atoms with E-state index in [0.717, 1.165) is 13.1 Å². The molecule has 1 N–H and O–H groups in total. The van der Waals surface area contributed by atoms with Crippen LogP contribution in [-0.4, -0.2) is 34.6 Å². The summed E-state index contributed by atoms with van der Waals surface area (Å²) < 4.78 is 0. The first kappa shape index (κ1) is 19.0. The molecule has 1 heterocycles. The molecule has 3 aliphatic rings. The molecule has 1 aliphatic heterocycles. The smallest absolute Gasteiger partial charge is 0.225 e. The summed E-state index contributed by atoms with van der Waals surface area (Å²) in [4.78, 5) is 14.6. The number of carbonyl (C=O) groups is 1. The van der Waals surface area contributed by atoms with Crippen LogP contribution in [0.3, 0.4) is 0 Å². The van der Waals surface area contributed by atoms with E-state index in [0.29, 0.717) is 24.2 Å². The predicted octanol–water partition coefficient (Wildman–Crippen LogP) is 4.63. The minimum Gasteiger partial charge on any atom is -0.390 e. The van der Waals surface area contributed by atoms with Gasteiger partial charge in [0.05, 0.1) is 5.60 Å². The van der Waals surface area contributed by atoms with Gasteiger partial charge in [-0.1, -0.05) is 45.0 Å². The van der Waals surface area contributed by atoms with Crippen LogP contribution in [0.5, 0.6) is 0 Å². The van der Waals surface area contributed by atoms with Crippen LogP contribution in [0.25, 0.3) is 0 Å². The van der Waals surface area contributed by atoms with Gasteiger partial charge in [-0.25, -0.2) is 0 Å². The maximum atomic E-state index is 12.6. The van der Waals surface area contributed by atoms with Crippen molar-refractivity contribution in [1.29, 1.82) is 0 Å².